The number of benzene rings is 1. The predicted molar refractivity (Wildman–Crippen MR) is 83.8 cm³/mol. The first-order valence-corrected chi connectivity index (χ1v) is 7.62. The Kier molecular flexibility index (Phi) is 6.32. The number of ether oxygens (including phenoxy) is 3. The molecule has 25 heavy (non-hydrogen) atoms. The second-order valence-electron chi connectivity index (χ2n) is 5.57. The zero-order valence-electron chi connectivity index (χ0n) is 13.8. The fourth-order valence-corrected chi connectivity index (χ4v) is 2.49. The Labute approximate surface area is 144 Å². The minimum absolute atomic E-state index is 0.299. The maximum atomic E-state index is 11.4. The molecule has 0 radical (unpaired) electrons. The standard InChI is InChI=1S/C16H21NO8/c1-8(19)17-12-14(21)13(20)11(7-18)25-16(12)24-10-5-3-9(4-6-10)15(22)23-2/h3-6,11-14,16,18,20-21H,7H2,1-2H3,(H,17,19). The monoisotopic (exact) mass is 355 g/mol. The molecule has 138 valence electrons. The molecule has 1 fully saturated rings. The average Bonchev–Trinajstić information content (AvgIpc) is 2.60. The van der Waals surface area contributed by atoms with Gasteiger partial charge in [-0.3, -0.25) is 4.79 Å². The summed E-state index contributed by atoms with van der Waals surface area (Å²) >= 11 is 0. The molecule has 1 aromatic carbocycles. The number of esters is 1. The number of hydrogen-bond acceptors (Lipinski definition) is 8. The van der Waals surface area contributed by atoms with Crippen LogP contribution >= 0.6 is 0 Å². The highest BCUT2D eigenvalue weighted by Crippen LogP contribution is 2.24. The number of hydrogen-bond donors (Lipinski definition) is 4. The lowest BCUT2D eigenvalue weighted by molar-refractivity contribution is -0.244. The summed E-state index contributed by atoms with van der Waals surface area (Å²) in [7, 11) is 1.27. The van der Waals surface area contributed by atoms with Gasteiger partial charge in [0.25, 0.3) is 0 Å². The number of carbonyl (C=O) groups is 2. The van der Waals surface area contributed by atoms with E-state index in [2.05, 4.69) is 10.1 Å². The lowest BCUT2D eigenvalue weighted by Gasteiger charge is -2.42. The number of rotatable bonds is 5. The molecular weight excluding hydrogens is 334 g/mol. The molecule has 5 unspecified atom stereocenters. The second-order valence-corrected chi connectivity index (χ2v) is 5.57. The smallest absolute Gasteiger partial charge is 0.337 e. The van der Waals surface area contributed by atoms with E-state index in [0.717, 1.165) is 0 Å². The topological polar surface area (TPSA) is 135 Å². The molecule has 0 spiro atoms. The third kappa shape index (κ3) is 4.45. The van der Waals surface area contributed by atoms with Crippen LogP contribution in [0.15, 0.2) is 24.3 Å². The van der Waals surface area contributed by atoms with Gasteiger partial charge in [-0.05, 0) is 24.3 Å². The highest BCUT2D eigenvalue weighted by Gasteiger charge is 2.46. The average molecular weight is 355 g/mol. The van der Waals surface area contributed by atoms with E-state index in [-0.39, 0.29) is 0 Å². The van der Waals surface area contributed by atoms with Gasteiger partial charge in [0.15, 0.2) is 0 Å². The Balaban J connectivity index is 2.17. The molecule has 0 aliphatic carbocycles. The van der Waals surface area contributed by atoms with Crippen LogP contribution in [0, 0.1) is 0 Å². The Morgan fingerprint density at radius 3 is 2.36 bits per heavy atom. The Morgan fingerprint density at radius 2 is 1.84 bits per heavy atom. The van der Waals surface area contributed by atoms with E-state index < -0.39 is 49.1 Å². The highest BCUT2D eigenvalue weighted by atomic mass is 16.7. The van der Waals surface area contributed by atoms with Crippen molar-refractivity contribution in [2.75, 3.05) is 13.7 Å². The zero-order valence-corrected chi connectivity index (χ0v) is 13.8. The van der Waals surface area contributed by atoms with Crippen LogP contribution in [0.2, 0.25) is 0 Å². The lowest BCUT2D eigenvalue weighted by atomic mass is 9.97. The summed E-state index contributed by atoms with van der Waals surface area (Å²) in [5, 5.41) is 31.9. The summed E-state index contributed by atoms with van der Waals surface area (Å²) in [5.41, 5.74) is 0.321. The van der Waals surface area contributed by atoms with Crippen molar-refractivity contribution in [3.63, 3.8) is 0 Å². The number of amides is 1. The number of aliphatic hydroxyl groups excluding tert-OH is 3. The fraction of sp³-hybridized carbons (Fsp3) is 0.500. The molecule has 9 heteroatoms. The summed E-state index contributed by atoms with van der Waals surface area (Å²) in [6.07, 6.45) is -5.00. The highest BCUT2D eigenvalue weighted by molar-refractivity contribution is 5.89. The SMILES string of the molecule is COC(=O)c1ccc(OC2OC(CO)C(O)C(O)C2NC(C)=O)cc1. The van der Waals surface area contributed by atoms with E-state index >= 15 is 0 Å². The molecule has 1 heterocycles. The number of aliphatic hydroxyl groups is 3. The van der Waals surface area contributed by atoms with Crippen molar-refractivity contribution in [3.05, 3.63) is 29.8 Å². The molecule has 5 atom stereocenters. The van der Waals surface area contributed by atoms with Gasteiger partial charge in [-0.1, -0.05) is 0 Å². The summed E-state index contributed by atoms with van der Waals surface area (Å²) in [4.78, 5) is 22.8. The van der Waals surface area contributed by atoms with Crippen molar-refractivity contribution in [1.82, 2.24) is 5.32 Å². The fourth-order valence-electron chi connectivity index (χ4n) is 2.49. The van der Waals surface area contributed by atoms with Crippen LogP contribution in [0.25, 0.3) is 0 Å². The van der Waals surface area contributed by atoms with Crippen LogP contribution < -0.4 is 10.1 Å². The molecule has 9 nitrogen and oxygen atoms in total. The minimum Gasteiger partial charge on any atom is -0.465 e. The van der Waals surface area contributed by atoms with Crippen LogP contribution in [0.3, 0.4) is 0 Å². The van der Waals surface area contributed by atoms with E-state index in [1.165, 1.54) is 38.3 Å². The number of nitrogens with one attached hydrogen (secondary N) is 1. The normalized spacial score (nSPS) is 28.9. The third-order valence-electron chi connectivity index (χ3n) is 3.78. The van der Waals surface area contributed by atoms with Crippen LogP contribution in [-0.2, 0) is 14.3 Å². The van der Waals surface area contributed by atoms with E-state index in [0.29, 0.717) is 11.3 Å². The van der Waals surface area contributed by atoms with Crippen molar-refractivity contribution in [2.45, 2.75) is 37.6 Å². The third-order valence-corrected chi connectivity index (χ3v) is 3.78. The maximum absolute atomic E-state index is 11.4. The summed E-state index contributed by atoms with van der Waals surface area (Å²) in [5.74, 6) is -0.652. The van der Waals surface area contributed by atoms with Gasteiger partial charge in [-0.2, -0.15) is 0 Å². The van der Waals surface area contributed by atoms with Crippen molar-refractivity contribution >= 4 is 11.9 Å². The number of methoxy groups -OCH3 is 1. The number of carbonyl (C=O) groups excluding carboxylic acids is 2. The Bertz CT molecular complexity index is 605. The summed E-state index contributed by atoms with van der Waals surface area (Å²) < 4.78 is 15.7. The van der Waals surface area contributed by atoms with Gasteiger partial charge in [0.2, 0.25) is 12.2 Å². The molecule has 0 aromatic heterocycles. The first-order valence-electron chi connectivity index (χ1n) is 7.62. The molecule has 0 saturated carbocycles. The predicted octanol–water partition coefficient (Wildman–Crippen LogP) is -1.20. The van der Waals surface area contributed by atoms with E-state index in [1.54, 1.807) is 0 Å². The van der Waals surface area contributed by atoms with Gasteiger partial charge in [-0.15, -0.1) is 0 Å². The largest absolute Gasteiger partial charge is 0.465 e. The summed E-state index contributed by atoms with van der Waals surface area (Å²) in [6, 6.07) is 4.89. The van der Waals surface area contributed by atoms with Crippen LogP contribution in [0.5, 0.6) is 5.75 Å². The van der Waals surface area contributed by atoms with Crippen LogP contribution in [0.1, 0.15) is 17.3 Å². The van der Waals surface area contributed by atoms with E-state index in [9.17, 15) is 24.9 Å². The molecule has 1 aromatic rings. The molecule has 1 aliphatic heterocycles. The van der Waals surface area contributed by atoms with Crippen molar-refractivity contribution < 1.29 is 39.1 Å². The molecule has 2 rings (SSSR count). The van der Waals surface area contributed by atoms with Crippen LogP contribution in [0.4, 0.5) is 0 Å². The van der Waals surface area contributed by atoms with Gasteiger partial charge in [0.05, 0.1) is 19.3 Å². The molecule has 1 amide bonds. The first kappa shape index (κ1) is 19.1. The lowest BCUT2D eigenvalue weighted by Crippen LogP contribution is -2.65. The van der Waals surface area contributed by atoms with Gasteiger partial charge >= 0.3 is 5.97 Å². The summed E-state index contributed by atoms with van der Waals surface area (Å²) in [6.45, 7) is 0.714. The quantitative estimate of drug-likeness (QED) is 0.484. The zero-order chi connectivity index (χ0) is 18.6. The van der Waals surface area contributed by atoms with Crippen LogP contribution in [-0.4, -0.2) is 71.6 Å². The van der Waals surface area contributed by atoms with E-state index in [4.69, 9.17) is 9.47 Å². The van der Waals surface area contributed by atoms with Crippen molar-refractivity contribution in [1.29, 1.82) is 0 Å². The Hall–Kier alpha value is -2.20. The van der Waals surface area contributed by atoms with E-state index in [1.807, 2.05) is 0 Å². The van der Waals surface area contributed by atoms with Gasteiger partial charge in [0.1, 0.15) is 30.1 Å². The van der Waals surface area contributed by atoms with Crippen molar-refractivity contribution in [2.24, 2.45) is 0 Å². The maximum Gasteiger partial charge on any atom is 0.337 e. The first-order chi connectivity index (χ1) is 11.9. The molecule has 4 N–H and O–H groups in total. The van der Waals surface area contributed by atoms with Crippen molar-refractivity contribution in [3.8, 4) is 5.75 Å². The molecule has 1 aliphatic rings. The van der Waals surface area contributed by atoms with Gasteiger partial charge < -0.3 is 34.8 Å². The Morgan fingerprint density at radius 1 is 1.20 bits per heavy atom. The molecular formula is C16H21NO8. The minimum atomic E-state index is -1.39. The van der Waals surface area contributed by atoms with Gasteiger partial charge in [0, 0.05) is 6.92 Å². The second kappa shape index (κ2) is 8.26. The molecule has 1 saturated heterocycles. The molecule has 0 bridgehead atoms. The van der Waals surface area contributed by atoms with Gasteiger partial charge in [-0.25, -0.2) is 4.79 Å².